The maximum atomic E-state index is 5.59. The molecule has 0 aromatic heterocycles. The Labute approximate surface area is 93.1 Å². The number of para-hydroxylation sites is 1. The Morgan fingerprint density at radius 2 is 1.93 bits per heavy atom. The van der Waals surface area contributed by atoms with Gasteiger partial charge >= 0.3 is 0 Å². The van der Waals surface area contributed by atoms with Crippen LogP contribution in [0.5, 0.6) is 0 Å². The fourth-order valence-corrected chi connectivity index (χ4v) is 1.61. The first-order valence-electron chi connectivity index (χ1n) is 5.70. The van der Waals surface area contributed by atoms with Gasteiger partial charge in [0.2, 0.25) is 0 Å². The monoisotopic (exact) mass is 206 g/mol. The van der Waals surface area contributed by atoms with Crippen molar-refractivity contribution in [2.45, 2.75) is 19.8 Å². The maximum absolute atomic E-state index is 5.59. The van der Waals surface area contributed by atoms with E-state index in [0.717, 1.165) is 13.1 Å². The molecule has 0 aliphatic carbocycles. The largest absolute Gasteiger partial charge is 0.375 e. The predicted octanol–water partition coefficient (Wildman–Crippen LogP) is 2.50. The van der Waals surface area contributed by atoms with Gasteiger partial charge in [-0.15, -0.1) is 0 Å². The van der Waals surface area contributed by atoms with E-state index in [1.165, 1.54) is 18.5 Å². The lowest BCUT2D eigenvalue weighted by Gasteiger charge is -2.19. The molecular formula is C13H22N2. The van der Waals surface area contributed by atoms with Gasteiger partial charge in [0.05, 0.1) is 0 Å². The van der Waals surface area contributed by atoms with Crippen LogP contribution < -0.4 is 10.6 Å². The molecule has 0 saturated heterocycles. The summed E-state index contributed by atoms with van der Waals surface area (Å²) in [6.45, 7) is 4.12. The van der Waals surface area contributed by atoms with Gasteiger partial charge in [-0.2, -0.15) is 0 Å². The van der Waals surface area contributed by atoms with Crippen LogP contribution in [0.2, 0.25) is 0 Å². The fourth-order valence-electron chi connectivity index (χ4n) is 1.61. The van der Waals surface area contributed by atoms with E-state index in [-0.39, 0.29) is 0 Å². The highest BCUT2D eigenvalue weighted by Crippen LogP contribution is 2.12. The Bertz CT molecular complexity index is 258. The number of nitrogens with two attached hydrogens (primary N) is 1. The second kappa shape index (κ2) is 6.46. The van der Waals surface area contributed by atoms with Crippen LogP contribution >= 0.6 is 0 Å². The molecule has 1 atom stereocenters. The van der Waals surface area contributed by atoms with Crippen molar-refractivity contribution >= 4 is 5.69 Å². The van der Waals surface area contributed by atoms with Gasteiger partial charge in [-0.3, -0.25) is 0 Å². The summed E-state index contributed by atoms with van der Waals surface area (Å²) in [4.78, 5) is 2.29. The molecule has 0 heterocycles. The van der Waals surface area contributed by atoms with E-state index in [2.05, 4.69) is 43.1 Å². The summed E-state index contributed by atoms with van der Waals surface area (Å²) >= 11 is 0. The normalized spacial score (nSPS) is 12.5. The lowest BCUT2D eigenvalue weighted by atomic mass is 10.1. The first-order chi connectivity index (χ1) is 7.24. The highest BCUT2D eigenvalue weighted by atomic mass is 15.1. The minimum absolute atomic E-state index is 0.647. The summed E-state index contributed by atoms with van der Waals surface area (Å²) in [7, 11) is 2.14. The Kier molecular flexibility index (Phi) is 5.19. The molecule has 1 aromatic carbocycles. The van der Waals surface area contributed by atoms with Crippen molar-refractivity contribution in [2.75, 3.05) is 25.0 Å². The molecule has 2 heteroatoms. The topological polar surface area (TPSA) is 29.3 Å². The van der Waals surface area contributed by atoms with Crippen LogP contribution in [0.1, 0.15) is 19.8 Å². The third-order valence-corrected chi connectivity index (χ3v) is 2.79. The SMILES string of the molecule is CC(CN)CCCN(C)c1ccccc1. The zero-order chi connectivity index (χ0) is 11.1. The number of hydrogen-bond donors (Lipinski definition) is 1. The van der Waals surface area contributed by atoms with Gasteiger partial charge in [-0.05, 0) is 37.4 Å². The van der Waals surface area contributed by atoms with Gasteiger partial charge in [0.15, 0.2) is 0 Å². The molecule has 0 spiro atoms. The molecule has 0 radical (unpaired) electrons. The Morgan fingerprint density at radius 1 is 1.27 bits per heavy atom. The van der Waals surface area contributed by atoms with E-state index >= 15 is 0 Å². The second-order valence-corrected chi connectivity index (χ2v) is 4.24. The first-order valence-corrected chi connectivity index (χ1v) is 5.70. The Hall–Kier alpha value is -1.02. The molecule has 1 unspecified atom stereocenters. The van der Waals surface area contributed by atoms with Crippen molar-refractivity contribution in [2.24, 2.45) is 11.7 Å². The van der Waals surface area contributed by atoms with Gasteiger partial charge in [-0.25, -0.2) is 0 Å². The fraction of sp³-hybridized carbons (Fsp3) is 0.538. The smallest absolute Gasteiger partial charge is 0.0363 e. The van der Waals surface area contributed by atoms with Crippen molar-refractivity contribution in [3.05, 3.63) is 30.3 Å². The molecule has 0 aliphatic heterocycles. The third-order valence-electron chi connectivity index (χ3n) is 2.79. The van der Waals surface area contributed by atoms with Crippen molar-refractivity contribution in [1.29, 1.82) is 0 Å². The van der Waals surface area contributed by atoms with Crippen LogP contribution in [0.4, 0.5) is 5.69 Å². The van der Waals surface area contributed by atoms with Gasteiger partial charge in [0.25, 0.3) is 0 Å². The summed E-state index contributed by atoms with van der Waals surface area (Å²) in [5.74, 6) is 0.647. The quantitative estimate of drug-likeness (QED) is 0.775. The van der Waals surface area contributed by atoms with E-state index in [4.69, 9.17) is 5.73 Å². The number of hydrogen-bond acceptors (Lipinski definition) is 2. The van der Waals surface area contributed by atoms with Crippen LogP contribution in [-0.2, 0) is 0 Å². The van der Waals surface area contributed by atoms with E-state index in [9.17, 15) is 0 Å². The van der Waals surface area contributed by atoms with Gasteiger partial charge in [-0.1, -0.05) is 25.1 Å². The average molecular weight is 206 g/mol. The van der Waals surface area contributed by atoms with Crippen molar-refractivity contribution in [3.63, 3.8) is 0 Å². The van der Waals surface area contributed by atoms with E-state index < -0.39 is 0 Å². The number of rotatable bonds is 6. The average Bonchev–Trinajstić information content (AvgIpc) is 2.29. The molecule has 0 aliphatic rings. The van der Waals surface area contributed by atoms with E-state index in [1.807, 2.05) is 6.07 Å². The molecule has 1 aromatic rings. The highest BCUT2D eigenvalue weighted by molar-refractivity contribution is 5.44. The molecule has 84 valence electrons. The minimum Gasteiger partial charge on any atom is -0.375 e. The lowest BCUT2D eigenvalue weighted by molar-refractivity contribution is 0.521. The number of anilines is 1. The first kappa shape index (κ1) is 12.1. The zero-order valence-electron chi connectivity index (χ0n) is 9.82. The molecule has 15 heavy (non-hydrogen) atoms. The summed E-state index contributed by atoms with van der Waals surface area (Å²) in [5, 5.41) is 0. The molecule has 0 fully saturated rings. The lowest BCUT2D eigenvalue weighted by Crippen LogP contribution is -2.20. The highest BCUT2D eigenvalue weighted by Gasteiger charge is 2.02. The molecule has 0 saturated carbocycles. The summed E-state index contributed by atoms with van der Waals surface area (Å²) in [5.41, 5.74) is 6.88. The molecule has 0 amide bonds. The summed E-state index contributed by atoms with van der Waals surface area (Å²) in [6.07, 6.45) is 2.43. The predicted molar refractivity (Wildman–Crippen MR) is 67.2 cm³/mol. The van der Waals surface area contributed by atoms with E-state index in [1.54, 1.807) is 0 Å². The summed E-state index contributed by atoms with van der Waals surface area (Å²) in [6, 6.07) is 10.5. The van der Waals surface area contributed by atoms with Crippen molar-refractivity contribution in [3.8, 4) is 0 Å². The van der Waals surface area contributed by atoms with Crippen molar-refractivity contribution < 1.29 is 0 Å². The Morgan fingerprint density at radius 3 is 2.53 bits per heavy atom. The Balaban J connectivity index is 2.28. The second-order valence-electron chi connectivity index (χ2n) is 4.24. The zero-order valence-corrected chi connectivity index (χ0v) is 9.82. The van der Waals surface area contributed by atoms with Crippen LogP contribution in [0.25, 0.3) is 0 Å². The van der Waals surface area contributed by atoms with Crippen LogP contribution in [0, 0.1) is 5.92 Å². The van der Waals surface area contributed by atoms with Gasteiger partial charge < -0.3 is 10.6 Å². The molecule has 2 N–H and O–H groups in total. The third kappa shape index (κ3) is 4.34. The van der Waals surface area contributed by atoms with Crippen molar-refractivity contribution in [1.82, 2.24) is 0 Å². The molecule has 2 nitrogen and oxygen atoms in total. The van der Waals surface area contributed by atoms with Gasteiger partial charge in [0.1, 0.15) is 0 Å². The molecule has 0 bridgehead atoms. The standard InChI is InChI=1S/C13H22N2/c1-12(11-14)7-6-10-15(2)13-8-4-3-5-9-13/h3-5,8-9,12H,6-7,10-11,14H2,1-2H3. The van der Waals surface area contributed by atoms with Crippen LogP contribution in [0.3, 0.4) is 0 Å². The van der Waals surface area contributed by atoms with E-state index in [0.29, 0.717) is 5.92 Å². The molecular weight excluding hydrogens is 184 g/mol. The number of benzene rings is 1. The maximum Gasteiger partial charge on any atom is 0.0363 e. The van der Waals surface area contributed by atoms with Gasteiger partial charge in [0, 0.05) is 19.3 Å². The van der Waals surface area contributed by atoms with Crippen LogP contribution in [-0.4, -0.2) is 20.1 Å². The van der Waals surface area contributed by atoms with Crippen LogP contribution in [0.15, 0.2) is 30.3 Å². The number of nitrogens with zero attached hydrogens (tertiary/aromatic N) is 1. The summed E-state index contributed by atoms with van der Waals surface area (Å²) < 4.78 is 0. The minimum atomic E-state index is 0.647. The molecule has 1 rings (SSSR count).